The summed E-state index contributed by atoms with van der Waals surface area (Å²) in [7, 11) is 0. The first kappa shape index (κ1) is 10.7. The largest absolute Gasteiger partial charge is 0.329 e. The zero-order chi connectivity index (χ0) is 10.7. The Labute approximate surface area is 92.1 Å². The van der Waals surface area contributed by atoms with Gasteiger partial charge in [0.1, 0.15) is 0 Å². The molecule has 0 unspecified atom stereocenters. The van der Waals surface area contributed by atoms with E-state index in [1.165, 1.54) is 25.1 Å². The topological polar surface area (TPSA) is 29.3 Å². The quantitative estimate of drug-likeness (QED) is 0.807. The van der Waals surface area contributed by atoms with E-state index in [2.05, 4.69) is 42.2 Å². The number of hydrogen-bond acceptors (Lipinski definition) is 2. The fourth-order valence-corrected chi connectivity index (χ4v) is 2.55. The fraction of sp³-hybridized carbons (Fsp3) is 0.538. The Morgan fingerprint density at radius 3 is 2.47 bits per heavy atom. The van der Waals surface area contributed by atoms with Gasteiger partial charge >= 0.3 is 0 Å². The third-order valence-electron chi connectivity index (χ3n) is 3.56. The molecule has 2 nitrogen and oxygen atoms in total. The van der Waals surface area contributed by atoms with Crippen molar-refractivity contribution in [3.05, 3.63) is 35.9 Å². The van der Waals surface area contributed by atoms with Crippen molar-refractivity contribution in [3.8, 4) is 0 Å². The van der Waals surface area contributed by atoms with E-state index < -0.39 is 0 Å². The molecule has 0 radical (unpaired) electrons. The van der Waals surface area contributed by atoms with Gasteiger partial charge in [-0.25, -0.2) is 0 Å². The van der Waals surface area contributed by atoms with E-state index in [4.69, 9.17) is 5.73 Å². The molecule has 1 saturated heterocycles. The van der Waals surface area contributed by atoms with Gasteiger partial charge in [0.2, 0.25) is 0 Å². The van der Waals surface area contributed by atoms with Crippen LogP contribution in [0.25, 0.3) is 0 Å². The predicted molar refractivity (Wildman–Crippen MR) is 63.9 cm³/mol. The highest BCUT2D eigenvalue weighted by atomic mass is 15.2. The summed E-state index contributed by atoms with van der Waals surface area (Å²) in [4.78, 5) is 2.44. The number of hydrogen-bond donors (Lipinski definition) is 1. The lowest BCUT2D eigenvalue weighted by atomic mass is 9.72. The maximum Gasteiger partial charge on any atom is 0.0205 e. The van der Waals surface area contributed by atoms with Crippen LogP contribution in [0.5, 0.6) is 0 Å². The molecule has 0 saturated carbocycles. The SMILES string of the molecule is CCC1(c2ccccc2)CN(CCN)C1. The summed E-state index contributed by atoms with van der Waals surface area (Å²) in [6, 6.07) is 10.9. The molecule has 0 aliphatic carbocycles. The predicted octanol–water partition coefficient (Wildman–Crippen LogP) is 1.61. The van der Waals surface area contributed by atoms with Crippen LogP contribution in [0.4, 0.5) is 0 Å². The Balaban J connectivity index is 2.07. The summed E-state index contributed by atoms with van der Waals surface area (Å²) >= 11 is 0. The van der Waals surface area contributed by atoms with Gasteiger partial charge in [0, 0.05) is 31.6 Å². The van der Waals surface area contributed by atoms with E-state index >= 15 is 0 Å². The average Bonchev–Trinajstić information content (AvgIpc) is 2.24. The molecule has 15 heavy (non-hydrogen) atoms. The van der Waals surface area contributed by atoms with Crippen LogP contribution >= 0.6 is 0 Å². The number of nitrogens with zero attached hydrogens (tertiary/aromatic N) is 1. The highest BCUT2D eigenvalue weighted by Crippen LogP contribution is 2.36. The molecular weight excluding hydrogens is 184 g/mol. The molecule has 2 N–H and O–H groups in total. The van der Waals surface area contributed by atoms with Crippen molar-refractivity contribution in [1.82, 2.24) is 4.90 Å². The van der Waals surface area contributed by atoms with E-state index in [1.807, 2.05) is 0 Å². The second kappa shape index (κ2) is 4.33. The third-order valence-corrected chi connectivity index (χ3v) is 3.56. The van der Waals surface area contributed by atoms with Crippen LogP contribution in [0.1, 0.15) is 18.9 Å². The third kappa shape index (κ3) is 1.92. The lowest BCUT2D eigenvalue weighted by molar-refractivity contribution is 0.0649. The van der Waals surface area contributed by atoms with Crippen LogP contribution in [-0.2, 0) is 5.41 Å². The van der Waals surface area contributed by atoms with Gasteiger partial charge in [-0.15, -0.1) is 0 Å². The minimum atomic E-state index is 0.399. The summed E-state index contributed by atoms with van der Waals surface area (Å²) < 4.78 is 0. The highest BCUT2D eigenvalue weighted by molar-refractivity contribution is 5.29. The zero-order valence-corrected chi connectivity index (χ0v) is 9.45. The van der Waals surface area contributed by atoms with Gasteiger partial charge in [-0.2, -0.15) is 0 Å². The van der Waals surface area contributed by atoms with E-state index in [1.54, 1.807) is 0 Å². The first-order valence-corrected chi connectivity index (χ1v) is 5.79. The Morgan fingerprint density at radius 1 is 1.27 bits per heavy atom. The maximum atomic E-state index is 5.57. The molecule has 0 bridgehead atoms. The van der Waals surface area contributed by atoms with Gasteiger partial charge in [-0.1, -0.05) is 37.3 Å². The molecule has 1 aliphatic heterocycles. The number of likely N-dealkylation sites (tertiary alicyclic amines) is 1. The van der Waals surface area contributed by atoms with Crippen LogP contribution in [0.15, 0.2) is 30.3 Å². The molecule has 82 valence electrons. The summed E-state index contributed by atoms with van der Waals surface area (Å²) in [5.74, 6) is 0. The molecule has 1 fully saturated rings. The van der Waals surface area contributed by atoms with Gasteiger partial charge in [-0.05, 0) is 12.0 Å². The van der Waals surface area contributed by atoms with Gasteiger partial charge in [0.15, 0.2) is 0 Å². The summed E-state index contributed by atoms with van der Waals surface area (Å²) in [5.41, 5.74) is 7.45. The van der Waals surface area contributed by atoms with Crippen molar-refractivity contribution in [2.24, 2.45) is 5.73 Å². The van der Waals surface area contributed by atoms with Crippen molar-refractivity contribution in [2.45, 2.75) is 18.8 Å². The van der Waals surface area contributed by atoms with E-state index in [-0.39, 0.29) is 0 Å². The highest BCUT2D eigenvalue weighted by Gasteiger charge is 2.41. The molecule has 0 aromatic heterocycles. The van der Waals surface area contributed by atoms with E-state index in [9.17, 15) is 0 Å². The Morgan fingerprint density at radius 2 is 1.93 bits per heavy atom. The van der Waals surface area contributed by atoms with Crippen LogP contribution in [0.3, 0.4) is 0 Å². The number of nitrogens with two attached hydrogens (primary N) is 1. The molecule has 2 rings (SSSR count). The fourth-order valence-electron chi connectivity index (χ4n) is 2.55. The summed E-state index contributed by atoms with van der Waals surface area (Å²) in [6.45, 7) is 6.44. The summed E-state index contributed by atoms with van der Waals surface area (Å²) in [5, 5.41) is 0. The van der Waals surface area contributed by atoms with Crippen LogP contribution in [-0.4, -0.2) is 31.1 Å². The molecule has 1 heterocycles. The standard InChI is InChI=1S/C13H20N2/c1-2-13(10-15(11-13)9-8-14)12-6-4-3-5-7-12/h3-7H,2,8-11,14H2,1H3. The molecule has 2 heteroatoms. The number of rotatable bonds is 4. The molecule has 0 spiro atoms. The number of benzene rings is 1. The summed E-state index contributed by atoms with van der Waals surface area (Å²) in [6.07, 6.45) is 1.22. The van der Waals surface area contributed by atoms with Crippen LogP contribution in [0, 0.1) is 0 Å². The Hall–Kier alpha value is -0.860. The average molecular weight is 204 g/mol. The van der Waals surface area contributed by atoms with Crippen molar-refractivity contribution in [2.75, 3.05) is 26.2 Å². The van der Waals surface area contributed by atoms with Crippen molar-refractivity contribution in [3.63, 3.8) is 0 Å². The molecule has 1 aromatic carbocycles. The van der Waals surface area contributed by atoms with Crippen molar-refractivity contribution < 1.29 is 0 Å². The smallest absolute Gasteiger partial charge is 0.0205 e. The van der Waals surface area contributed by atoms with Gasteiger partial charge < -0.3 is 10.6 Å². The Bertz CT molecular complexity index is 302. The van der Waals surface area contributed by atoms with Crippen molar-refractivity contribution >= 4 is 0 Å². The van der Waals surface area contributed by atoms with Gasteiger partial charge in [-0.3, -0.25) is 0 Å². The molecule has 1 aromatic rings. The Kier molecular flexibility index (Phi) is 3.08. The minimum Gasteiger partial charge on any atom is -0.329 e. The molecule has 0 atom stereocenters. The first-order valence-electron chi connectivity index (χ1n) is 5.79. The molecule has 0 amide bonds. The second-order valence-electron chi connectivity index (χ2n) is 4.50. The molecule has 1 aliphatic rings. The van der Waals surface area contributed by atoms with Crippen molar-refractivity contribution in [1.29, 1.82) is 0 Å². The maximum absolute atomic E-state index is 5.57. The first-order chi connectivity index (χ1) is 7.30. The van der Waals surface area contributed by atoms with Crippen LogP contribution in [0.2, 0.25) is 0 Å². The van der Waals surface area contributed by atoms with E-state index in [0.717, 1.165) is 13.1 Å². The zero-order valence-electron chi connectivity index (χ0n) is 9.45. The lowest BCUT2D eigenvalue weighted by Crippen LogP contribution is -2.59. The van der Waals surface area contributed by atoms with Gasteiger partial charge in [0.25, 0.3) is 0 Å². The second-order valence-corrected chi connectivity index (χ2v) is 4.50. The van der Waals surface area contributed by atoms with Crippen LogP contribution < -0.4 is 5.73 Å². The molecular formula is C13H20N2. The lowest BCUT2D eigenvalue weighted by Gasteiger charge is -2.50. The van der Waals surface area contributed by atoms with Gasteiger partial charge in [0.05, 0.1) is 0 Å². The minimum absolute atomic E-state index is 0.399. The van der Waals surface area contributed by atoms with E-state index in [0.29, 0.717) is 5.41 Å². The normalized spacial score (nSPS) is 19.9. The monoisotopic (exact) mass is 204 g/mol.